The zero-order chi connectivity index (χ0) is 40.6. The van der Waals surface area contributed by atoms with Gasteiger partial charge in [0.2, 0.25) is 5.91 Å². The van der Waals surface area contributed by atoms with Crippen molar-refractivity contribution < 1.29 is 48.3 Å². The Kier molecular flexibility index (Phi) is 15.0. The summed E-state index contributed by atoms with van der Waals surface area (Å²) in [6.45, 7) is 1.44. The van der Waals surface area contributed by atoms with Crippen molar-refractivity contribution in [1.82, 2.24) is 10.6 Å². The fourth-order valence-corrected chi connectivity index (χ4v) is 5.74. The van der Waals surface area contributed by atoms with Crippen LogP contribution in [0.5, 0.6) is 28.7 Å². The summed E-state index contributed by atoms with van der Waals surface area (Å²) in [7, 11) is 2.94. The average molecular weight is 776 g/mol. The number of hydrogen-bond donors (Lipinski definition) is 4. The number of esters is 1. The van der Waals surface area contributed by atoms with E-state index in [0.717, 1.165) is 11.1 Å². The third kappa shape index (κ3) is 12.1. The lowest BCUT2D eigenvalue weighted by molar-refractivity contribution is -0.147. The summed E-state index contributed by atoms with van der Waals surface area (Å²) in [4.78, 5) is 45.1. The molecule has 0 bridgehead atoms. The maximum absolute atomic E-state index is 14.0. The molecule has 0 spiro atoms. The number of alkyl carbamates (subject to hydrolysis) is 1. The SMILES string of the molecule is CCOC(=O)[C@@H](NC(=O)[C@@H](Cc1ccc(O)cc1)NC(=O)OCc1ccccc1)c1cc(OC)cc(Oc2cc(C=N[C@H](CO)c3ccccc3)ccc2OC)c1. The minimum absolute atomic E-state index is 0.00158. The molecule has 57 heavy (non-hydrogen) atoms. The second-order valence-electron chi connectivity index (χ2n) is 12.7. The topological polar surface area (TPSA) is 174 Å². The van der Waals surface area contributed by atoms with Crippen molar-refractivity contribution in [2.75, 3.05) is 27.4 Å². The van der Waals surface area contributed by atoms with Crippen molar-refractivity contribution in [1.29, 1.82) is 0 Å². The number of aromatic hydroxyl groups is 1. The molecule has 13 heteroatoms. The van der Waals surface area contributed by atoms with Gasteiger partial charge in [-0.15, -0.1) is 0 Å². The fourth-order valence-electron chi connectivity index (χ4n) is 5.74. The van der Waals surface area contributed by atoms with Crippen LogP contribution < -0.4 is 24.8 Å². The third-order valence-electron chi connectivity index (χ3n) is 8.65. The van der Waals surface area contributed by atoms with Gasteiger partial charge in [0.1, 0.15) is 29.9 Å². The summed E-state index contributed by atoms with van der Waals surface area (Å²) in [5.41, 5.74) is 3.15. The minimum Gasteiger partial charge on any atom is -0.508 e. The molecule has 5 aromatic carbocycles. The lowest BCUT2D eigenvalue weighted by Gasteiger charge is -2.23. The number of carbonyl (C=O) groups is 3. The number of benzene rings is 5. The Bertz CT molecular complexity index is 2110. The molecule has 2 amide bonds. The summed E-state index contributed by atoms with van der Waals surface area (Å²) in [6, 6.07) is 31.5. The van der Waals surface area contributed by atoms with Gasteiger partial charge in [-0.1, -0.05) is 72.8 Å². The minimum atomic E-state index is -1.37. The summed E-state index contributed by atoms with van der Waals surface area (Å²) in [5.74, 6) is -0.202. The Balaban J connectivity index is 1.41. The smallest absolute Gasteiger partial charge is 0.408 e. The molecule has 0 aromatic heterocycles. The van der Waals surface area contributed by atoms with Gasteiger partial charge in [0, 0.05) is 18.7 Å². The first-order chi connectivity index (χ1) is 27.7. The molecule has 0 fully saturated rings. The Labute approximate surface area is 330 Å². The van der Waals surface area contributed by atoms with E-state index in [1.807, 2.05) is 48.5 Å². The highest BCUT2D eigenvalue weighted by Crippen LogP contribution is 2.36. The summed E-state index contributed by atoms with van der Waals surface area (Å²) >= 11 is 0. The maximum Gasteiger partial charge on any atom is 0.408 e. The first-order valence-corrected chi connectivity index (χ1v) is 18.2. The fraction of sp³-hybridized carbons (Fsp3) is 0.227. The van der Waals surface area contributed by atoms with Crippen LogP contribution in [0.15, 0.2) is 126 Å². The Morgan fingerprint density at radius 1 is 0.737 bits per heavy atom. The number of phenolic OH excluding ortho intramolecular Hbond substituents is 1. The summed E-state index contributed by atoms with van der Waals surface area (Å²) < 4.78 is 28.2. The van der Waals surface area contributed by atoms with Crippen LogP contribution in [0, 0.1) is 0 Å². The second-order valence-corrected chi connectivity index (χ2v) is 12.7. The molecule has 13 nitrogen and oxygen atoms in total. The number of carbonyl (C=O) groups excluding carboxylic acids is 3. The molecule has 0 saturated heterocycles. The molecule has 0 radical (unpaired) electrons. The van der Waals surface area contributed by atoms with E-state index in [1.165, 1.54) is 26.4 Å². The Hall–Kier alpha value is -6.86. The molecular weight excluding hydrogens is 730 g/mol. The molecular formula is C44H45N3O10. The van der Waals surface area contributed by atoms with E-state index in [4.69, 9.17) is 23.7 Å². The molecule has 0 saturated carbocycles. The van der Waals surface area contributed by atoms with Crippen LogP contribution in [0.25, 0.3) is 0 Å². The van der Waals surface area contributed by atoms with E-state index in [-0.39, 0.29) is 43.3 Å². The quantitative estimate of drug-likeness (QED) is 0.0560. The molecule has 0 heterocycles. The van der Waals surface area contributed by atoms with E-state index < -0.39 is 36.1 Å². The van der Waals surface area contributed by atoms with Crippen molar-refractivity contribution in [2.24, 2.45) is 4.99 Å². The van der Waals surface area contributed by atoms with Gasteiger partial charge in [-0.05, 0) is 77.2 Å². The first kappa shape index (κ1) is 41.3. The number of aliphatic imine (C=N–C) groups is 1. The van der Waals surface area contributed by atoms with Gasteiger partial charge in [-0.2, -0.15) is 0 Å². The normalized spacial score (nSPS) is 12.5. The van der Waals surface area contributed by atoms with Crippen LogP contribution >= 0.6 is 0 Å². The number of ether oxygens (including phenoxy) is 5. The largest absolute Gasteiger partial charge is 0.508 e. The average Bonchev–Trinajstić information content (AvgIpc) is 3.23. The van der Waals surface area contributed by atoms with E-state index in [2.05, 4.69) is 15.6 Å². The molecule has 4 N–H and O–H groups in total. The number of nitrogens with zero attached hydrogens (tertiary/aromatic N) is 1. The highest BCUT2D eigenvalue weighted by Gasteiger charge is 2.30. The number of phenols is 1. The van der Waals surface area contributed by atoms with Crippen molar-refractivity contribution in [3.05, 3.63) is 149 Å². The monoisotopic (exact) mass is 775 g/mol. The van der Waals surface area contributed by atoms with E-state index >= 15 is 0 Å². The maximum atomic E-state index is 14.0. The zero-order valence-electron chi connectivity index (χ0n) is 31.8. The molecule has 0 aliphatic carbocycles. The molecule has 3 atom stereocenters. The van der Waals surface area contributed by atoms with E-state index in [9.17, 15) is 24.6 Å². The number of methoxy groups -OCH3 is 2. The van der Waals surface area contributed by atoms with Gasteiger partial charge in [-0.25, -0.2) is 9.59 Å². The Morgan fingerprint density at radius 3 is 2.11 bits per heavy atom. The number of aliphatic hydroxyl groups is 1. The Morgan fingerprint density at radius 2 is 1.44 bits per heavy atom. The second kappa shape index (κ2) is 20.7. The lowest BCUT2D eigenvalue weighted by atomic mass is 10.0. The van der Waals surface area contributed by atoms with Gasteiger partial charge in [0.15, 0.2) is 17.5 Å². The molecule has 5 aromatic rings. The van der Waals surface area contributed by atoms with Crippen LogP contribution in [0.4, 0.5) is 4.79 Å². The highest BCUT2D eigenvalue weighted by molar-refractivity contribution is 5.90. The van der Waals surface area contributed by atoms with Crippen LogP contribution in [-0.4, -0.2) is 67.9 Å². The predicted molar refractivity (Wildman–Crippen MR) is 213 cm³/mol. The molecule has 0 unspecified atom stereocenters. The number of rotatable bonds is 18. The van der Waals surface area contributed by atoms with Crippen molar-refractivity contribution in [3.63, 3.8) is 0 Å². The number of amides is 2. The van der Waals surface area contributed by atoms with Gasteiger partial charge >= 0.3 is 12.1 Å². The summed E-state index contributed by atoms with van der Waals surface area (Å²) in [5, 5.41) is 25.2. The van der Waals surface area contributed by atoms with Gasteiger partial charge in [0.05, 0.1) is 33.5 Å². The number of nitrogens with one attached hydrogen (secondary N) is 2. The lowest BCUT2D eigenvalue weighted by Crippen LogP contribution is -2.50. The molecule has 296 valence electrons. The number of hydrogen-bond acceptors (Lipinski definition) is 11. The summed E-state index contributed by atoms with van der Waals surface area (Å²) in [6.07, 6.45) is 0.776. The van der Waals surface area contributed by atoms with Gasteiger partial charge in [-0.3, -0.25) is 9.79 Å². The molecule has 0 aliphatic rings. The first-order valence-electron chi connectivity index (χ1n) is 18.2. The number of aliphatic hydroxyl groups excluding tert-OH is 1. The van der Waals surface area contributed by atoms with Gasteiger partial charge < -0.3 is 44.5 Å². The zero-order valence-corrected chi connectivity index (χ0v) is 31.8. The molecule has 0 aliphatic heterocycles. The van der Waals surface area contributed by atoms with E-state index in [1.54, 1.807) is 73.8 Å². The standard InChI is InChI=1S/C44H45N3O10/c1-4-55-43(51)41(47-42(50)37(21-29-15-18-34(49)19-16-29)46-44(52)56-28-30-11-7-5-8-12-30)33-23-35(53-2)25-36(24-33)57-40-22-31(17-20-39(40)54-3)26-45-38(27-48)32-13-9-6-10-14-32/h5-20,22-26,37-38,41,48-49H,4,21,27-28H2,1-3H3,(H,46,52)(H,47,50)/t37-,38-,41+/m1/s1. The van der Waals surface area contributed by atoms with Crippen molar-refractivity contribution >= 4 is 24.2 Å². The highest BCUT2D eigenvalue weighted by atomic mass is 16.5. The molecule has 5 rings (SSSR count). The predicted octanol–water partition coefficient (Wildman–Crippen LogP) is 6.61. The van der Waals surface area contributed by atoms with E-state index in [0.29, 0.717) is 28.4 Å². The van der Waals surface area contributed by atoms with Crippen LogP contribution in [0.2, 0.25) is 0 Å². The van der Waals surface area contributed by atoms with Crippen LogP contribution in [0.1, 0.15) is 46.8 Å². The van der Waals surface area contributed by atoms with Gasteiger partial charge in [0.25, 0.3) is 0 Å². The van der Waals surface area contributed by atoms with Crippen molar-refractivity contribution in [3.8, 4) is 28.7 Å². The van der Waals surface area contributed by atoms with Crippen LogP contribution in [0.3, 0.4) is 0 Å². The van der Waals surface area contributed by atoms with Crippen molar-refractivity contribution in [2.45, 2.75) is 38.1 Å². The van der Waals surface area contributed by atoms with Crippen LogP contribution in [-0.2, 0) is 32.1 Å². The third-order valence-corrected chi connectivity index (χ3v) is 8.65.